The van der Waals surface area contributed by atoms with E-state index in [1.165, 1.54) is 0 Å². The van der Waals surface area contributed by atoms with Crippen LogP contribution >= 0.6 is 23.2 Å². The van der Waals surface area contributed by atoms with Crippen LogP contribution in [0, 0.1) is 0 Å². The molecule has 2 rings (SSSR count). The van der Waals surface area contributed by atoms with Gasteiger partial charge < -0.3 is 4.84 Å². The molecule has 0 aliphatic heterocycles. The first-order valence-corrected chi connectivity index (χ1v) is 7.11. The molecule has 5 heteroatoms. The highest BCUT2D eigenvalue weighted by atomic mass is 35.5. The Hall–Kier alpha value is -1.06. The first-order valence-electron chi connectivity index (χ1n) is 6.30. The normalized spacial score (nSPS) is 21.4. The van der Waals surface area contributed by atoms with E-state index in [1.54, 1.807) is 24.3 Å². The SMILES string of the molecule is O=C(Cc1ccc(Cl)cc1)ON=C1CCCCC1Cl. The van der Waals surface area contributed by atoms with E-state index in [0.29, 0.717) is 5.02 Å². The van der Waals surface area contributed by atoms with Crippen LogP contribution < -0.4 is 0 Å². The summed E-state index contributed by atoms with van der Waals surface area (Å²) >= 11 is 11.9. The summed E-state index contributed by atoms with van der Waals surface area (Å²) in [7, 11) is 0. The Morgan fingerprint density at radius 2 is 2.05 bits per heavy atom. The lowest BCUT2D eigenvalue weighted by Crippen LogP contribution is -2.20. The van der Waals surface area contributed by atoms with Gasteiger partial charge in [0.25, 0.3) is 0 Å². The Bertz CT molecular complexity index is 471. The molecule has 102 valence electrons. The Morgan fingerprint density at radius 1 is 1.32 bits per heavy atom. The minimum Gasteiger partial charge on any atom is -0.318 e. The number of carbonyl (C=O) groups excluding carboxylic acids is 1. The van der Waals surface area contributed by atoms with Crippen molar-refractivity contribution in [2.45, 2.75) is 37.5 Å². The molecule has 0 bridgehead atoms. The molecule has 1 unspecified atom stereocenters. The largest absolute Gasteiger partial charge is 0.339 e. The second kappa shape index (κ2) is 6.92. The highest BCUT2D eigenvalue weighted by molar-refractivity contribution is 6.32. The highest BCUT2D eigenvalue weighted by Gasteiger charge is 2.19. The molecule has 0 N–H and O–H groups in total. The summed E-state index contributed by atoms with van der Waals surface area (Å²) < 4.78 is 0. The first-order chi connectivity index (χ1) is 9.15. The van der Waals surface area contributed by atoms with E-state index in [4.69, 9.17) is 28.0 Å². The molecule has 1 fully saturated rings. The average Bonchev–Trinajstić information content (AvgIpc) is 2.40. The van der Waals surface area contributed by atoms with Gasteiger partial charge in [-0.05, 0) is 37.0 Å². The van der Waals surface area contributed by atoms with Crippen molar-refractivity contribution in [1.82, 2.24) is 0 Å². The number of carbonyl (C=O) groups is 1. The van der Waals surface area contributed by atoms with Crippen LogP contribution in [-0.2, 0) is 16.1 Å². The van der Waals surface area contributed by atoms with Crippen molar-refractivity contribution in [3.8, 4) is 0 Å². The lowest BCUT2D eigenvalue weighted by Gasteiger charge is -2.17. The van der Waals surface area contributed by atoms with Crippen molar-refractivity contribution >= 4 is 34.9 Å². The van der Waals surface area contributed by atoms with Crippen molar-refractivity contribution in [3.05, 3.63) is 34.9 Å². The van der Waals surface area contributed by atoms with Crippen molar-refractivity contribution < 1.29 is 9.63 Å². The molecule has 1 saturated carbocycles. The van der Waals surface area contributed by atoms with E-state index in [2.05, 4.69) is 5.16 Å². The fraction of sp³-hybridized carbons (Fsp3) is 0.429. The molecule has 0 heterocycles. The third kappa shape index (κ3) is 4.51. The average molecular weight is 300 g/mol. The summed E-state index contributed by atoms with van der Waals surface area (Å²) in [5.41, 5.74) is 1.62. The first kappa shape index (κ1) is 14.4. The highest BCUT2D eigenvalue weighted by Crippen LogP contribution is 2.20. The maximum absolute atomic E-state index is 11.6. The standard InChI is InChI=1S/C14H15Cl2NO2/c15-11-7-5-10(6-8-11)9-14(18)19-17-13-4-2-1-3-12(13)16/h5-8,12H,1-4,9H2. The maximum atomic E-state index is 11.6. The Kier molecular flexibility index (Phi) is 5.23. The number of alkyl halides is 1. The van der Waals surface area contributed by atoms with Crippen molar-refractivity contribution in [3.63, 3.8) is 0 Å². The van der Waals surface area contributed by atoms with Gasteiger partial charge in [0.05, 0.1) is 17.5 Å². The number of nitrogens with zero attached hydrogens (tertiary/aromatic N) is 1. The lowest BCUT2D eigenvalue weighted by molar-refractivity contribution is -0.142. The zero-order valence-corrected chi connectivity index (χ0v) is 12.0. The number of hydrogen-bond acceptors (Lipinski definition) is 3. The van der Waals surface area contributed by atoms with Gasteiger partial charge in [-0.15, -0.1) is 11.6 Å². The number of hydrogen-bond donors (Lipinski definition) is 0. The smallest absolute Gasteiger partial charge is 0.318 e. The van der Waals surface area contributed by atoms with E-state index >= 15 is 0 Å². The van der Waals surface area contributed by atoms with Gasteiger partial charge in [0.1, 0.15) is 0 Å². The molecule has 1 aliphatic carbocycles. The number of halogens is 2. The number of rotatable bonds is 3. The third-order valence-electron chi connectivity index (χ3n) is 3.03. The van der Waals surface area contributed by atoms with Crippen molar-refractivity contribution in [1.29, 1.82) is 0 Å². The lowest BCUT2D eigenvalue weighted by atomic mass is 9.98. The van der Waals surface area contributed by atoms with Crippen LogP contribution in [-0.4, -0.2) is 17.1 Å². The Balaban J connectivity index is 1.87. The van der Waals surface area contributed by atoms with Gasteiger partial charge in [-0.2, -0.15) is 0 Å². The molecule has 0 radical (unpaired) electrons. The molecular formula is C14H15Cl2NO2. The summed E-state index contributed by atoms with van der Waals surface area (Å²) in [6.45, 7) is 0. The van der Waals surface area contributed by atoms with Crippen molar-refractivity contribution in [2.75, 3.05) is 0 Å². The molecule has 0 aromatic heterocycles. The minimum atomic E-state index is -0.385. The van der Waals surface area contributed by atoms with Gasteiger partial charge in [0.2, 0.25) is 0 Å². The zero-order valence-electron chi connectivity index (χ0n) is 10.4. The third-order valence-corrected chi connectivity index (χ3v) is 3.75. The second-order valence-electron chi connectivity index (χ2n) is 4.56. The second-order valence-corrected chi connectivity index (χ2v) is 5.53. The summed E-state index contributed by atoms with van der Waals surface area (Å²) in [5.74, 6) is -0.385. The molecule has 1 aromatic rings. The number of oxime groups is 1. The fourth-order valence-electron chi connectivity index (χ4n) is 1.97. The topological polar surface area (TPSA) is 38.7 Å². The fourth-order valence-corrected chi connectivity index (χ4v) is 2.40. The molecule has 0 saturated heterocycles. The predicted molar refractivity (Wildman–Crippen MR) is 76.8 cm³/mol. The summed E-state index contributed by atoms with van der Waals surface area (Å²) in [6.07, 6.45) is 4.04. The van der Waals surface area contributed by atoms with Gasteiger partial charge in [-0.25, -0.2) is 4.79 Å². The van der Waals surface area contributed by atoms with Crippen LogP contribution in [0.25, 0.3) is 0 Å². The molecule has 1 aromatic carbocycles. The monoisotopic (exact) mass is 299 g/mol. The molecule has 0 amide bonds. The van der Waals surface area contributed by atoms with Gasteiger partial charge in [-0.1, -0.05) is 35.3 Å². The van der Waals surface area contributed by atoms with Crippen LogP contribution in [0.3, 0.4) is 0 Å². The van der Waals surface area contributed by atoms with Crippen LogP contribution in [0.2, 0.25) is 5.02 Å². The van der Waals surface area contributed by atoms with Crippen LogP contribution in [0.4, 0.5) is 0 Å². The van der Waals surface area contributed by atoms with Crippen LogP contribution in [0.5, 0.6) is 0 Å². The van der Waals surface area contributed by atoms with Crippen molar-refractivity contribution in [2.24, 2.45) is 5.16 Å². The van der Waals surface area contributed by atoms with Gasteiger partial charge in [-0.3, -0.25) is 0 Å². The van der Waals surface area contributed by atoms with Gasteiger partial charge in [0, 0.05) is 5.02 Å². The molecule has 1 aliphatic rings. The molecule has 0 spiro atoms. The van der Waals surface area contributed by atoms with E-state index in [-0.39, 0.29) is 17.8 Å². The maximum Gasteiger partial charge on any atom is 0.339 e. The Morgan fingerprint density at radius 3 is 2.74 bits per heavy atom. The minimum absolute atomic E-state index is 0.0999. The molecule has 19 heavy (non-hydrogen) atoms. The number of benzene rings is 1. The molecule has 3 nitrogen and oxygen atoms in total. The van der Waals surface area contributed by atoms with E-state index in [0.717, 1.165) is 37.0 Å². The van der Waals surface area contributed by atoms with E-state index in [9.17, 15) is 4.79 Å². The Labute approximate surface area is 122 Å². The van der Waals surface area contributed by atoms with E-state index in [1.807, 2.05) is 0 Å². The summed E-state index contributed by atoms with van der Waals surface area (Å²) in [6, 6.07) is 7.07. The van der Waals surface area contributed by atoms with Gasteiger partial charge in [0.15, 0.2) is 0 Å². The molecular weight excluding hydrogens is 285 g/mol. The quantitative estimate of drug-likeness (QED) is 0.481. The van der Waals surface area contributed by atoms with Gasteiger partial charge >= 0.3 is 5.97 Å². The zero-order chi connectivity index (χ0) is 13.7. The predicted octanol–water partition coefficient (Wildman–Crippen LogP) is 3.96. The van der Waals surface area contributed by atoms with E-state index < -0.39 is 0 Å². The summed E-state index contributed by atoms with van der Waals surface area (Å²) in [5, 5.41) is 4.43. The summed E-state index contributed by atoms with van der Waals surface area (Å²) in [4.78, 5) is 16.6. The van der Waals surface area contributed by atoms with Crippen LogP contribution in [0.1, 0.15) is 31.2 Å². The van der Waals surface area contributed by atoms with Crippen LogP contribution in [0.15, 0.2) is 29.4 Å². The molecule has 1 atom stereocenters.